The van der Waals surface area contributed by atoms with Gasteiger partial charge in [0.1, 0.15) is 0 Å². The molecule has 3 fully saturated rings. The highest BCUT2D eigenvalue weighted by Crippen LogP contribution is 2.50. The minimum absolute atomic E-state index is 0.0358. The summed E-state index contributed by atoms with van der Waals surface area (Å²) in [5, 5.41) is 7.32. The van der Waals surface area contributed by atoms with Crippen LogP contribution in [-0.2, 0) is 4.79 Å². The first kappa shape index (κ1) is 24.5. The Hall–Kier alpha value is -1.11. The molecule has 3 aliphatic carbocycles. The van der Waals surface area contributed by atoms with E-state index in [1.807, 2.05) is 6.92 Å². The van der Waals surface area contributed by atoms with E-state index in [2.05, 4.69) is 30.2 Å². The monoisotopic (exact) mass is 485 g/mol. The predicted octanol–water partition coefficient (Wildman–Crippen LogP) is 5.44. The van der Waals surface area contributed by atoms with Crippen molar-refractivity contribution in [2.75, 3.05) is 0 Å². The van der Waals surface area contributed by atoms with Gasteiger partial charge in [-0.05, 0) is 74.8 Å². The third-order valence-corrected chi connectivity index (χ3v) is 8.50. The topological polar surface area (TPSA) is 84.2 Å². The summed E-state index contributed by atoms with van der Waals surface area (Å²) in [5.74, 6) is 1.22. The number of carbonyl (C=O) groups is 2. The number of carbonyl (C=O) groups excluding carboxylic acids is 2. The highest BCUT2D eigenvalue weighted by atomic mass is 35.5. The van der Waals surface area contributed by atoms with Crippen molar-refractivity contribution in [2.24, 2.45) is 28.9 Å². The summed E-state index contributed by atoms with van der Waals surface area (Å²) in [7, 11) is 0. The molecule has 4 rings (SSSR count). The van der Waals surface area contributed by atoms with Gasteiger partial charge in [0, 0.05) is 22.4 Å². The van der Waals surface area contributed by atoms with E-state index in [9.17, 15) is 9.59 Å². The molecule has 31 heavy (non-hydrogen) atoms. The van der Waals surface area contributed by atoms with Gasteiger partial charge in [0.25, 0.3) is 0 Å². The summed E-state index contributed by atoms with van der Waals surface area (Å²) in [6.07, 6.45) is 7.31. The second-order valence-corrected chi connectivity index (χ2v) is 11.0. The first-order valence-electron chi connectivity index (χ1n) is 11.1. The quantitative estimate of drug-likeness (QED) is 0.429. The Kier molecular flexibility index (Phi) is 8.09. The SMILES string of the molecule is CC1CC2CC(CC(C)(C(N)=O)C2)C1NC(=O)NC1CCC1.Sc1cccc(Cl)c1Cl. The van der Waals surface area contributed by atoms with Gasteiger partial charge >= 0.3 is 6.03 Å². The van der Waals surface area contributed by atoms with Crippen LogP contribution in [0.15, 0.2) is 23.1 Å². The highest BCUT2D eigenvalue weighted by Gasteiger charge is 2.48. The van der Waals surface area contributed by atoms with E-state index in [-0.39, 0.29) is 18.0 Å². The Labute approximate surface area is 200 Å². The maximum absolute atomic E-state index is 12.2. The summed E-state index contributed by atoms with van der Waals surface area (Å²) >= 11 is 15.4. The third kappa shape index (κ3) is 6.02. The molecular formula is C23H33Cl2N3O2S. The summed E-state index contributed by atoms with van der Waals surface area (Å²) in [5.41, 5.74) is 5.23. The number of amides is 3. The summed E-state index contributed by atoms with van der Waals surface area (Å²) < 4.78 is 0. The lowest BCUT2D eigenvalue weighted by molar-refractivity contribution is -0.132. The maximum atomic E-state index is 12.2. The lowest BCUT2D eigenvalue weighted by Crippen LogP contribution is -2.57. The van der Waals surface area contributed by atoms with Crippen LogP contribution in [0.2, 0.25) is 10.0 Å². The largest absolute Gasteiger partial charge is 0.369 e. The van der Waals surface area contributed by atoms with E-state index in [4.69, 9.17) is 28.9 Å². The molecule has 1 aromatic rings. The number of fused-ring (bicyclic) bond motifs is 2. The van der Waals surface area contributed by atoms with Crippen molar-refractivity contribution < 1.29 is 9.59 Å². The Morgan fingerprint density at radius 3 is 2.42 bits per heavy atom. The average molecular weight is 487 g/mol. The Morgan fingerprint density at radius 2 is 1.87 bits per heavy atom. The van der Waals surface area contributed by atoms with Crippen LogP contribution in [0.1, 0.15) is 58.8 Å². The Balaban J connectivity index is 0.000000254. The standard InChI is InChI=1S/C17H29N3O2.C6H4Cl2S/c1-10-6-11-7-12(9-17(2,8-11)15(18)21)14(10)20-16(22)19-13-4-3-5-13;7-4-2-1-3-5(9)6(4)8/h10-14H,3-9H2,1-2H3,(H2,18,21)(H2,19,20,22);1-3,9H. The zero-order chi connectivity index (χ0) is 22.8. The zero-order valence-corrected chi connectivity index (χ0v) is 20.6. The lowest BCUT2D eigenvalue weighted by atomic mass is 9.57. The van der Waals surface area contributed by atoms with Gasteiger partial charge in [-0.15, -0.1) is 12.6 Å². The van der Waals surface area contributed by atoms with Crippen LogP contribution in [0.5, 0.6) is 0 Å². The number of hydrogen-bond acceptors (Lipinski definition) is 3. The number of thiol groups is 1. The summed E-state index contributed by atoms with van der Waals surface area (Å²) in [6, 6.07) is 5.80. The number of halogens is 2. The molecule has 0 radical (unpaired) electrons. The molecule has 2 bridgehead atoms. The Bertz CT molecular complexity index is 798. The molecule has 0 aliphatic heterocycles. The van der Waals surface area contributed by atoms with Gasteiger partial charge in [-0.25, -0.2) is 4.79 Å². The van der Waals surface area contributed by atoms with Gasteiger partial charge in [0.05, 0.1) is 10.0 Å². The second-order valence-electron chi connectivity index (χ2n) is 9.75. The molecule has 0 saturated heterocycles. The van der Waals surface area contributed by atoms with Crippen LogP contribution in [0.4, 0.5) is 4.79 Å². The van der Waals surface area contributed by atoms with Crippen LogP contribution in [0, 0.1) is 23.2 Å². The predicted molar refractivity (Wildman–Crippen MR) is 129 cm³/mol. The van der Waals surface area contributed by atoms with Crippen molar-refractivity contribution in [3.8, 4) is 0 Å². The minimum atomic E-state index is -0.405. The molecule has 0 spiro atoms. The van der Waals surface area contributed by atoms with Gasteiger partial charge in [-0.1, -0.05) is 43.1 Å². The fourth-order valence-electron chi connectivity index (χ4n) is 5.37. The molecule has 1 aromatic carbocycles. The Morgan fingerprint density at radius 1 is 1.16 bits per heavy atom. The molecule has 4 N–H and O–H groups in total. The average Bonchev–Trinajstić information content (AvgIpc) is 2.66. The van der Waals surface area contributed by atoms with Gasteiger partial charge in [-0.2, -0.15) is 0 Å². The molecule has 3 aliphatic rings. The van der Waals surface area contributed by atoms with Gasteiger partial charge in [-0.3, -0.25) is 4.79 Å². The van der Waals surface area contributed by atoms with Crippen LogP contribution in [0.3, 0.4) is 0 Å². The number of nitrogens with two attached hydrogens (primary N) is 1. The van der Waals surface area contributed by atoms with Gasteiger partial charge < -0.3 is 16.4 Å². The maximum Gasteiger partial charge on any atom is 0.315 e. The van der Waals surface area contributed by atoms with Crippen LogP contribution < -0.4 is 16.4 Å². The van der Waals surface area contributed by atoms with Crippen molar-refractivity contribution in [2.45, 2.75) is 75.8 Å². The molecular weight excluding hydrogens is 453 g/mol. The van der Waals surface area contributed by atoms with E-state index in [0.29, 0.717) is 38.7 Å². The number of urea groups is 1. The number of primary amides is 1. The molecule has 8 heteroatoms. The lowest BCUT2D eigenvalue weighted by Gasteiger charge is -2.50. The molecule has 0 heterocycles. The van der Waals surface area contributed by atoms with Gasteiger partial charge in [0.15, 0.2) is 0 Å². The summed E-state index contributed by atoms with van der Waals surface area (Å²) in [4.78, 5) is 24.7. The van der Waals surface area contributed by atoms with E-state index < -0.39 is 5.41 Å². The van der Waals surface area contributed by atoms with Crippen molar-refractivity contribution in [3.63, 3.8) is 0 Å². The van der Waals surface area contributed by atoms with Crippen LogP contribution >= 0.6 is 35.8 Å². The first-order chi connectivity index (χ1) is 14.6. The third-order valence-electron chi connectivity index (χ3n) is 7.18. The molecule has 3 amide bonds. The minimum Gasteiger partial charge on any atom is -0.369 e. The van der Waals surface area contributed by atoms with Crippen molar-refractivity contribution in [1.82, 2.24) is 10.6 Å². The van der Waals surface area contributed by atoms with E-state index in [1.165, 1.54) is 6.42 Å². The number of rotatable bonds is 3. The highest BCUT2D eigenvalue weighted by molar-refractivity contribution is 7.80. The van der Waals surface area contributed by atoms with Gasteiger partial charge in [0.2, 0.25) is 5.91 Å². The fourth-order valence-corrected chi connectivity index (χ4v) is 5.94. The number of hydrogen-bond donors (Lipinski definition) is 4. The molecule has 0 aromatic heterocycles. The van der Waals surface area contributed by atoms with Crippen molar-refractivity contribution in [1.29, 1.82) is 0 Å². The van der Waals surface area contributed by atoms with Crippen LogP contribution in [-0.4, -0.2) is 24.0 Å². The zero-order valence-electron chi connectivity index (χ0n) is 18.2. The molecule has 5 nitrogen and oxygen atoms in total. The number of benzene rings is 1. The first-order valence-corrected chi connectivity index (χ1v) is 12.3. The molecule has 5 unspecified atom stereocenters. The van der Waals surface area contributed by atoms with E-state index in [1.54, 1.807) is 18.2 Å². The van der Waals surface area contributed by atoms with E-state index >= 15 is 0 Å². The molecule has 172 valence electrons. The van der Waals surface area contributed by atoms with E-state index in [0.717, 1.165) is 38.5 Å². The fraction of sp³-hybridized carbons (Fsp3) is 0.652. The van der Waals surface area contributed by atoms with Crippen molar-refractivity contribution >= 4 is 47.8 Å². The van der Waals surface area contributed by atoms with Crippen molar-refractivity contribution in [3.05, 3.63) is 28.2 Å². The summed E-state index contributed by atoms with van der Waals surface area (Å²) in [6.45, 7) is 4.22. The smallest absolute Gasteiger partial charge is 0.315 e. The number of nitrogens with one attached hydrogen (secondary N) is 2. The van der Waals surface area contributed by atoms with Crippen LogP contribution in [0.25, 0.3) is 0 Å². The normalized spacial score (nSPS) is 32.2. The second kappa shape index (κ2) is 10.2. The molecule has 3 saturated carbocycles. The molecule has 5 atom stereocenters.